The minimum absolute atomic E-state index is 0.197. The molecule has 0 spiro atoms. The van der Waals surface area contributed by atoms with Crippen molar-refractivity contribution in [1.29, 1.82) is 0 Å². The van der Waals surface area contributed by atoms with Gasteiger partial charge in [-0.15, -0.1) is 0 Å². The lowest BCUT2D eigenvalue weighted by Gasteiger charge is -2.35. The Balaban J connectivity index is 1.91. The normalized spacial score (nSPS) is 17.4. The second-order valence-electron chi connectivity index (χ2n) is 7.87. The average Bonchev–Trinajstić information content (AvgIpc) is 2.56. The molecule has 8 heteroatoms. The molecular weight excluding hydrogens is 389 g/mol. The molecule has 1 aliphatic heterocycles. The van der Waals surface area contributed by atoms with Crippen molar-refractivity contribution in [1.82, 2.24) is 9.80 Å². The number of likely N-dealkylation sites (tertiary alicyclic amines) is 1. The van der Waals surface area contributed by atoms with E-state index in [1.807, 2.05) is 20.8 Å². The summed E-state index contributed by atoms with van der Waals surface area (Å²) in [5, 5.41) is 3.74. The van der Waals surface area contributed by atoms with E-state index in [-0.39, 0.29) is 18.0 Å². The quantitative estimate of drug-likeness (QED) is 0.746. The first kappa shape index (κ1) is 21.6. The number of ether oxygens (including phenoxy) is 1. The Kier molecular flexibility index (Phi) is 7.23. The molecule has 0 saturated carbocycles. The van der Waals surface area contributed by atoms with Crippen LogP contribution in [-0.2, 0) is 4.74 Å². The van der Waals surface area contributed by atoms with Crippen molar-refractivity contribution in [2.75, 3.05) is 32.0 Å². The zero-order valence-corrected chi connectivity index (χ0v) is 17.7. The highest BCUT2D eigenvalue weighted by Gasteiger charge is 2.27. The fraction of sp³-hybridized carbons (Fsp3) is 0.579. The van der Waals surface area contributed by atoms with Crippen LogP contribution in [0.4, 0.5) is 15.3 Å². The van der Waals surface area contributed by atoms with E-state index in [0.29, 0.717) is 35.4 Å². The van der Waals surface area contributed by atoms with Gasteiger partial charge in [-0.05, 0) is 57.7 Å². The summed E-state index contributed by atoms with van der Waals surface area (Å²) in [6.45, 7) is 7.31. The van der Waals surface area contributed by atoms with Gasteiger partial charge >= 0.3 is 12.1 Å². The molecule has 0 bridgehead atoms. The SMILES string of the molecule is CN(CC1CCCN(C(=O)Nc2ccc(Cl)cc2Cl)C1)C(=O)OC(C)(C)C. The first-order valence-corrected chi connectivity index (χ1v) is 9.76. The van der Waals surface area contributed by atoms with Crippen LogP contribution in [0.15, 0.2) is 18.2 Å². The van der Waals surface area contributed by atoms with Gasteiger partial charge < -0.3 is 19.9 Å². The van der Waals surface area contributed by atoms with Crippen LogP contribution in [0.1, 0.15) is 33.6 Å². The summed E-state index contributed by atoms with van der Waals surface area (Å²) >= 11 is 12.0. The summed E-state index contributed by atoms with van der Waals surface area (Å²) in [6, 6.07) is 4.75. The number of halogens is 2. The number of urea groups is 1. The third kappa shape index (κ3) is 6.78. The zero-order chi connectivity index (χ0) is 20.2. The van der Waals surface area contributed by atoms with Gasteiger partial charge in [0.2, 0.25) is 0 Å². The van der Waals surface area contributed by atoms with E-state index in [0.717, 1.165) is 12.8 Å². The van der Waals surface area contributed by atoms with E-state index >= 15 is 0 Å². The maximum absolute atomic E-state index is 12.6. The van der Waals surface area contributed by atoms with Crippen molar-refractivity contribution < 1.29 is 14.3 Å². The molecule has 0 aromatic heterocycles. The summed E-state index contributed by atoms with van der Waals surface area (Å²) in [5.74, 6) is 0.197. The largest absolute Gasteiger partial charge is 0.444 e. The number of carbonyl (C=O) groups excluding carboxylic acids is 2. The molecular formula is C19H27Cl2N3O3. The predicted octanol–water partition coefficient (Wildman–Crippen LogP) is 5.10. The molecule has 1 saturated heterocycles. The molecule has 2 rings (SSSR count). The number of hydrogen-bond donors (Lipinski definition) is 1. The highest BCUT2D eigenvalue weighted by atomic mass is 35.5. The van der Waals surface area contributed by atoms with Crippen molar-refractivity contribution in [3.05, 3.63) is 28.2 Å². The van der Waals surface area contributed by atoms with Gasteiger partial charge in [-0.1, -0.05) is 23.2 Å². The first-order valence-electron chi connectivity index (χ1n) is 9.00. The molecule has 1 N–H and O–H groups in total. The molecule has 1 heterocycles. The van der Waals surface area contributed by atoms with Crippen molar-refractivity contribution in [2.24, 2.45) is 5.92 Å². The fourth-order valence-corrected chi connectivity index (χ4v) is 3.44. The standard InChI is InChI=1S/C19H27Cl2N3O3/c1-19(2,3)27-18(26)23(4)11-13-6-5-9-24(12-13)17(25)22-16-8-7-14(20)10-15(16)21/h7-8,10,13H,5-6,9,11-12H2,1-4H3,(H,22,25). The summed E-state index contributed by atoms with van der Waals surface area (Å²) < 4.78 is 5.39. The van der Waals surface area contributed by atoms with Crippen molar-refractivity contribution in [2.45, 2.75) is 39.2 Å². The highest BCUT2D eigenvalue weighted by molar-refractivity contribution is 6.36. The van der Waals surface area contributed by atoms with Crippen LogP contribution >= 0.6 is 23.2 Å². The second-order valence-corrected chi connectivity index (χ2v) is 8.71. The molecule has 0 aliphatic carbocycles. The van der Waals surface area contributed by atoms with Crippen molar-refractivity contribution >= 4 is 41.0 Å². The van der Waals surface area contributed by atoms with Gasteiger partial charge in [-0.3, -0.25) is 0 Å². The summed E-state index contributed by atoms with van der Waals surface area (Å²) in [5.41, 5.74) is 0.000797. The van der Waals surface area contributed by atoms with Gasteiger partial charge in [0.1, 0.15) is 5.60 Å². The van der Waals surface area contributed by atoms with E-state index in [2.05, 4.69) is 5.32 Å². The Morgan fingerprint density at radius 1 is 1.33 bits per heavy atom. The molecule has 1 atom stereocenters. The molecule has 1 fully saturated rings. The average molecular weight is 416 g/mol. The minimum Gasteiger partial charge on any atom is -0.444 e. The Morgan fingerprint density at radius 2 is 2.04 bits per heavy atom. The highest BCUT2D eigenvalue weighted by Crippen LogP contribution is 2.26. The maximum atomic E-state index is 12.6. The van der Waals surface area contributed by atoms with E-state index in [4.69, 9.17) is 27.9 Å². The van der Waals surface area contributed by atoms with Gasteiger partial charge in [-0.25, -0.2) is 9.59 Å². The van der Waals surface area contributed by atoms with Crippen molar-refractivity contribution in [3.8, 4) is 0 Å². The lowest BCUT2D eigenvalue weighted by atomic mass is 9.98. The van der Waals surface area contributed by atoms with E-state index in [1.54, 1.807) is 35.0 Å². The lowest BCUT2D eigenvalue weighted by molar-refractivity contribution is 0.0253. The number of hydrogen-bond acceptors (Lipinski definition) is 3. The molecule has 27 heavy (non-hydrogen) atoms. The molecule has 1 aliphatic rings. The summed E-state index contributed by atoms with van der Waals surface area (Å²) in [4.78, 5) is 28.0. The Morgan fingerprint density at radius 3 is 2.67 bits per heavy atom. The van der Waals surface area contributed by atoms with Crippen LogP contribution in [0.5, 0.6) is 0 Å². The van der Waals surface area contributed by atoms with E-state index in [9.17, 15) is 9.59 Å². The van der Waals surface area contributed by atoms with Gasteiger partial charge in [0, 0.05) is 31.7 Å². The number of nitrogens with zero attached hydrogens (tertiary/aromatic N) is 2. The third-order valence-corrected chi connectivity index (χ3v) is 4.76. The number of benzene rings is 1. The molecule has 1 unspecified atom stereocenters. The lowest BCUT2D eigenvalue weighted by Crippen LogP contribution is -2.46. The van der Waals surface area contributed by atoms with Gasteiger partial charge in [0.25, 0.3) is 0 Å². The monoisotopic (exact) mass is 415 g/mol. The Labute approximate surface area is 170 Å². The second kappa shape index (κ2) is 9.02. The number of nitrogens with one attached hydrogen (secondary N) is 1. The first-order chi connectivity index (χ1) is 12.5. The third-order valence-electron chi connectivity index (χ3n) is 4.22. The van der Waals surface area contributed by atoms with Gasteiger partial charge in [0.05, 0.1) is 10.7 Å². The van der Waals surface area contributed by atoms with Crippen molar-refractivity contribution in [3.63, 3.8) is 0 Å². The van der Waals surface area contributed by atoms with Crippen LogP contribution in [0, 0.1) is 5.92 Å². The van der Waals surface area contributed by atoms with Crippen LogP contribution in [-0.4, -0.2) is 54.2 Å². The van der Waals surface area contributed by atoms with Crippen LogP contribution < -0.4 is 5.32 Å². The molecule has 0 radical (unpaired) electrons. The Hall–Kier alpha value is -1.66. The van der Waals surface area contributed by atoms with E-state index < -0.39 is 5.60 Å². The smallest absolute Gasteiger partial charge is 0.410 e. The number of amides is 3. The van der Waals surface area contributed by atoms with E-state index in [1.165, 1.54) is 0 Å². The number of rotatable bonds is 3. The Bertz CT molecular complexity index is 691. The molecule has 1 aromatic rings. The molecule has 1 aromatic carbocycles. The molecule has 3 amide bonds. The number of carbonyl (C=O) groups is 2. The molecule has 150 valence electrons. The van der Waals surface area contributed by atoms with Gasteiger partial charge in [-0.2, -0.15) is 0 Å². The summed E-state index contributed by atoms with van der Waals surface area (Å²) in [6.07, 6.45) is 1.49. The topological polar surface area (TPSA) is 61.9 Å². The van der Waals surface area contributed by atoms with Crippen LogP contribution in [0.25, 0.3) is 0 Å². The summed E-state index contributed by atoms with van der Waals surface area (Å²) in [7, 11) is 1.72. The van der Waals surface area contributed by atoms with Gasteiger partial charge in [0.15, 0.2) is 0 Å². The predicted molar refractivity (Wildman–Crippen MR) is 109 cm³/mol. The zero-order valence-electron chi connectivity index (χ0n) is 16.2. The number of piperidine rings is 1. The fourth-order valence-electron chi connectivity index (χ4n) is 2.99. The van der Waals surface area contributed by atoms with Crippen LogP contribution in [0.3, 0.4) is 0 Å². The maximum Gasteiger partial charge on any atom is 0.410 e. The van der Waals surface area contributed by atoms with Crippen LogP contribution in [0.2, 0.25) is 10.0 Å². The number of anilines is 1. The minimum atomic E-state index is -0.526. The molecule has 6 nitrogen and oxygen atoms in total.